The van der Waals surface area contributed by atoms with Gasteiger partial charge >= 0.3 is 0 Å². The van der Waals surface area contributed by atoms with Crippen LogP contribution in [0.25, 0.3) is 0 Å². The number of benzene rings is 1. The molecule has 0 saturated heterocycles. The van der Waals surface area contributed by atoms with E-state index in [0.717, 1.165) is 10.6 Å². The number of nitrogens with zero attached hydrogens (tertiary/aromatic N) is 2. The summed E-state index contributed by atoms with van der Waals surface area (Å²) in [6, 6.07) is 6.37. The predicted molar refractivity (Wildman–Crippen MR) is 66.1 cm³/mol. The van der Waals surface area contributed by atoms with Crippen LogP contribution < -0.4 is 5.73 Å². The summed E-state index contributed by atoms with van der Waals surface area (Å²) in [6.45, 7) is 0.465. The Balaban J connectivity index is 2.14. The summed E-state index contributed by atoms with van der Waals surface area (Å²) in [5.74, 6) is -0.242. The van der Waals surface area contributed by atoms with Gasteiger partial charge in [-0.25, -0.2) is 9.37 Å². The number of hydrogen-bond acceptors (Lipinski definition) is 4. The quantitative estimate of drug-likeness (QED) is 0.845. The zero-order valence-electron chi connectivity index (χ0n) is 9.08. The van der Waals surface area contributed by atoms with Crippen LogP contribution in [-0.2, 0) is 0 Å². The fourth-order valence-corrected chi connectivity index (χ4v) is 2.35. The van der Waals surface area contributed by atoms with Gasteiger partial charge in [0.15, 0.2) is 0 Å². The van der Waals surface area contributed by atoms with Crippen molar-refractivity contribution in [2.75, 3.05) is 6.54 Å². The van der Waals surface area contributed by atoms with Crippen LogP contribution in [0.5, 0.6) is 0 Å². The number of aromatic nitrogens is 2. The van der Waals surface area contributed by atoms with E-state index in [1.54, 1.807) is 30.7 Å². The Morgan fingerprint density at radius 1 is 1.24 bits per heavy atom. The van der Waals surface area contributed by atoms with Crippen LogP contribution in [0, 0.1) is 5.82 Å². The zero-order valence-corrected chi connectivity index (χ0v) is 9.90. The van der Waals surface area contributed by atoms with Crippen LogP contribution in [0.4, 0.5) is 4.39 Å². The zero-order chi connectivity index (χ0) is 12.1. The maximum atomic E-state index is 12.8. The van der Waals surface area contributed by atoms with Crippen LogP contribution >= 0.6 is 11.8 Å². The molecule has 1 aromatic carbocycles. The first-order valence-electron chi connectivity index (χ1n) is 5.18. The summed E-state index contributed by atoms with van der Waals surface area (Å²) < 4.78 is 12.8. The van der Waals surface area contributed by atoms with Crippen LogP contribution in [0.1, 0.15) is 10.8 Å². The smallest absolute Gasteiger partial charge is 0.123 e. The highest BCUT2D eigenvalue weighted by atomic mass is 32.2. The summed E-state index contributed by atoms with van der Waals surface area (Å²) >= 11 is 1.53. The van der Waals surface area contributed by atoms with Crippen LogP contribution in [0.3, 0.4) is 0 Å². The average molecular weight is 249 g/mol. The third-order valence-electron chi connectivity index (χ3n) is 2.26. The molecule has 2 aromatic rings. The van der Waals surface area contributed by atoms with Gasteiger partial charge in [-0.2, -0.15) is 0 Å². The van der Waals surface area contributed by atoms with Gasteiger partial charge in [-0.05, 0) is 17.7 Å². The number of rotatable bonds is 4. The molecule has 0 radical (unpaired) electrons. The maximum absolute atomic E-state index is 12.8. The molecule has 1 aromatic heterocycles. The van der Waals surface area contributed by atoms with E-state index >= 15 is 0 Å². The molecule has 0 bridgehead atoms. The lowest BCUT2D eigenvalue weighted by Crippen LogP contribution is -2.09. The highest BCUT2D eigenvalue weighted by Gasteiger charge is 2.12. The van der Waals surface area contributed by atoms with Crippen LogP contribution in [0.15, 0.2) is 47.9 Å². The molecule has 1 atom stereocenters. The normalized spacial score (nSPS) is 12.4. The number of hydrogen-bond donors (Lipinski definition) is 1. The molecule has 2 rings (SSSR count). The number of nitrogens with two attached hydrogens (primary N) is 1. The van der Waals surface area contributed by atoms with Gasteiger partial charge in [-0.15, -0.1) is 0 Å². The van der Waals surface area contributed by atoms with Gasteiger partial charge in [0.2, 0.25) is 0 Å². The second-order valence-electron chi connectivity index (χ2n) is 3.44. The van der Waals surface area contributed by atoms with E-state index < -0.39 is 0 Å². The Morgan fingerprint density at radius 2 is 2.00 bits per heavy atom. The van der Waals surface area contributed by atoms with Crippen molar-refractivity contribution in [3.63, 3.8) is 0 Å². The topological polar surface area (TPSA) is 51.8 Å². The van der Waals surface area contributed by atoms with Gasteiger partial charge in [-0.1, -0.05) is 23.9 Å². The standard InChI is InChI=1S/C12H12FN3S/c13-10-3-1-9(2-4-10)11(7-14)17-12-8-15-5-6-16-12/h1-6,8,11H,7,14H2. The third kappa shape index (κ3) is 3.25. The van der Waals surface area contributed by atoms with E-state index in [2.05, 4.69) is 9.97 Å². The Kier molecular flexibility index (Phi) is 4.06. The molecule has 0 spiro atoms. The van der Waals surface area contributed by atoms with Gasteiger partial charge in [-0.3, -0.25) is 4.98 Å². The van der Waals surface area contributed by atoms with E-state index in [0.29, 0.717) is 6.54 Å². The van der Waals surface area contributed by atoms with Crippen molar-refractivity contribution in [2.45, 2.75) is 10.3 Å². The molecule has 2 N–H and O–H groups in total. The first-order chi connectivity index (χ1) is 8.29. The van der Waals surface area contributed by atoms with E-state index in [9.17, 15) is 4.39 Å². The Labute approximate surface area is 103 Å². The second-order valence-corrected chi connectivity index (χ2v) is 4.66. The van der Waals surface area contributed by atoms with E-state index in [-0.39, 0.29) is 11.1 Å². The molecule has 88 valence electrons. The molecule has 0 aliphatic rings. The molecule has 0 fully saturated rings. The third-order valence-corrected chi connectivity index (χ3v) is 3.46. The molecule has 17 heavy (non-hydrogen) atoms. The maximum Gasteiger partial charge on any atom is 0.123 e. The Bertz CT molecular complexity index is 461. The Morgan fingerprint density at radius 3 is 2.59 bits per heavy atom. The minimum atomic E-state index is -0.242. The molecule has 1 heterocycles. The lowest BCUT2D eigenvalue weighted by Gasteiger charge is -2.13. The SMILES string of the molecule is NCC(Sc1cnccn1)c1ccc(F)cc1. The van der Waals surface area contributed by atoms with Gasteiger partial charge in [0.25, 0.3) is 0 Å². The van der Waals surface area contributed by atoms with Crippen molar-refractivity contribution < 1.29 is 4.39 Å². The highest BCUT2D eigenvalue weighted by molar-refractivity contribution is 7.99. The summed E-state index contributed by atoms with van der Waals surface area (Å²) in [4.78, 5) is 8.18. The molecule has 0 aliphatic carbocycles. The lowest BCUT2D eigenvalue weighted by atomic mass is 10.1. The molecule has 3 nitrogen and oxygen atoms in total. The first kappa shape index (κ1) is 12.0. The average Bonchev–Trinajstić information content (AvgIpc) is 2.38. The molecular weight excluding hydrogens is 237 g/mol. The van der Waals surface area contributed by atoms with Crippen molar-refractivity contribution in [3.8, 4) is 0 Å². The van der Waals surface area contributed by atoms with E-state index in [1.165, 1.54) is 23.9 Å². The monoisotopic (exact) mass is 249 g/mol. The van der Waals surface area contributed by atoms with E-state index in [1.807, 2.05) is 0 Å². The molecular formula is C12H12FN3S. The Hall–Kier alpha value is -1.46. The number of halogens is 1. The van der Waals surface area contributed by atoms with Crippen molar-refractivity contribution in [3.05, 3.63) is 54.2 Å². The minimum absolute atomic E-state index is 0.0623. The first-order valence-corrected chi connectivity index (χ1v) is 6.06. The van der Waals surface area contributed by atoms with Crippen molar-refractivity contribution in [1.82, 2.24) is 9.97 Å². The summed E-state index contributed by atoms with van der Waals surface area (Å²) in [5, 5.41) is 0.875. The van der Waals surface area contributed by atoms with Crippen molar-refractivity contribution >= 4 is 11.8 Å². The summed E-state index contributed by atoms with van der Waals surface area (Å²) in [5.41, 5.74) is 6.72. The summed E-state index contributed by atoms with van der Waals surface area (Å²) in [6.07, 6.45) is 4.96. The van der Waals surface area contributed by atoms with Crippen LogP contribution in [0.2, 0.25) is 0 Å². The fraction of sp³-hybridized carbons (Fsp3) is 0.167. The van der Waals surface area contributed by atoms with Gasteiger partial charge in [0, 0.05) is 24.2 Å². The van der Waals surface area contributed by atoms with Gasteiger partial charge in [0.05, 0.1) is 6.20 Å². The number of thioether (sulfide) groups is 1. The minimum Gasteiger partial charge on any atom is -0.329 e. The van der Waals surface area contributed by atoms with Gasteiger partial charge < -0.3 is 5.73 Å². The second kappa shape index (κ2) is 5.75. The highest BCUT2D eigenvalue weighted by Crippen LogP contribution is 2.32. The predicted octanol–water partition coefficient (Wildman–Crippen LogP) is 2.41. The molecule has 5 heteroatoms. The molecule has 0 amide bonds. The van der Waals surface area contributed by atoms with Crippen LogP contribution in [-0.4, -0.2) is 16.5 Å². The van der Waals surface area contributed by atoms with Gasteiger partial charge in [0.1, 0.15) is 10.8 Å². The molecule has 0 aliphatic heterocycles. The fourth-order valence-electron chi connectivity index (χ4n) is 1.42. The largest absolute Gasteiger partial charge is 0.329 e. The lowest BCUT2D eigenvalue weighted by molar-refractivity contribution is 0.627. The van der Waals surface area contributed by atoms with E-state index in [4.69, 9.17) is 5.73 Å². The molecule has 0 saturated carbocycles. The summed E-state index contributed by atoms with van der Waals surface area (Å²) in [7, 11) is 0. The molecule has 1 unspecified atom stereocenters. The van der Waals surface area contributed by atoms with Crippen molar-refractivity contribution in [1.29, 1.82) is 0 Å². The van der Waals surface area contributed by atoms with Crippen molar-refractivity contribution in [2.24, 2.45) is 5.73 Å².